The van der Waals surface area contributed by atoms with Crippen molar-refractivity contribution in [1.82, 2.24) is 10.2 Å². The van der Waals surface area contributed by atoms with Crippen LogP contribution in [0.1, 0.15) is 37.8 Å². The average molecular weight is 573 g/mol. The van der Waals surface area contributed by atoms with Crippen molar-refractivity contribution in [2.24, 2.45) is 0 Å². The summed E-state index contributed by atoms with van der Waals surface area (Å²) in [5.74, 6) is -0.787. The molecule has 0 fully saturated rings. The van der Waals surface area contributed by atoms with Gasteiger partial charge in [0.2, 0.25) is 21.8 Å². The molecule has 2 aromatic carbocycles. The molecule has 0 aliphatic rings. The molecule has 0 saturated carbocycles. The number of nitrogens with one attached hydrogen (secondary N) is 1. The number of benzene rings is 2. The van der Waals surface area contributed by atoms with E-state index in [0.29, 0.717) is 22.8 Å². The molecule has 1 N–H and O–H groups in total. The van der Waals surface area contributed by atoms with Crippen LogP contribution in [-0.2, 0) is 26.2 Å². The topological polar surface area (TPSA) is 86.8 Å². The van der Waals surface area contributed by atoms with E-state index in [0.717, 1.165) is 33.4 Å². The zero-order valence-corrected chi connectivity index (χ0v) is 23.0. The number of nitrogens with zero attached hydrogens (tertiary/aromatic N) is 2. The lowest BCUT2D eigenvalue weighted by atomic mass is 10.1. The number of hydrogen-bond donors (Lipinski definition) is 1. The Kier molecular flexibility index (Phi) is 10.4. The molecule has 0 aliphatic carbocycles. The Morgan fingerprint density at radius 3 is 2.47 bits per heavy atom. The molecule has 0 aromatic heterocycles. The average Bonchev–Trinajstić information content (AvgIpc) is 2.76. The van der Waals surface area contributed by atoms with E-state index in [4.69, 9.17) is 11.6 Å². The van der Waals surface area contributed by atoms with Gasteiger partial charge in [0, 0.05) is 22.6 Å². The van der Waals surface area contributed by atoms with Gasteiger partial charge >= 0.3 is 0 Å². The Morgan fingerprint density at radius 2 is 1.85 bits per heavy atom. The summed E-state index contributed by atoms with van der Waals surface area (Å²) >= 11 is 9.63. The highest BCUT2D eigenvalue weighted by Crippen LogP contribution is 2.28. The second-order valence-corrected chi connectivity index (χ2v) is 11.4. The van der Waals surface area contributed by atoms with E-state index in [1.165, 1.54) is 4.90 Å². The van der Waals surface area contributed by atoms with Crippen LogP contribution in [0, 0.1) is 6.92 Å². The number of hydrogen-bond acceptors (Lipinski definition) is 4. The first-order chi connectivity index (χ1) is 16.0. The first-order valence-corrected chi connectivity index (χ1v) is 14.0. The van der Waals surface area contributed by atoms with Crippen LogP contribution in [0.4, 0.5) is 5.69 Å². The molecule has 0 bridgehead atoms. The third-order valence-electron chi connectivity index (χ3n) is 5.43. The van der Waals surface area contributed by atoms with Crippen molar-refractivity contribution < 1.29 is 18.0 Å². The molecule has 10 heteroatoms. The second-order valence-electron chi connectivity index (χ2n) is 8.13. The van der Waals surface area contributed by atoms with Gasteiger partial charge in [-0.15, -0.1) is 0 Å². The smallest absolute Gasteiger partial charge is 0.244 e. The van der Waals surface area contributed by atoms with Crippen molar-refractivity contribution in [3.05, 3.63) is 63.1 Å². The molecular formula is C24H31BrClN3O4S. The summed E-state index contributed by atoms with van der Waals surface area (Å²) in [6, 6.07) is 11.5. The van der Waals surface area contributed by atoms with Gasteiger partial charge in [-0.2, -0.15) is 0 Å². The fourth-order valence-electron chi connectivity index (χ4n) is 3.41. The molecule has 0 aliphatic heterocycles. The minimum atomic E-state index is -3.81. The molecule has 34 heavy (non-hydrogen) atoms. The van der Waals surface area contributed by atoms with Crippen LogP contribution in [0.15, 0.2) is 46.9 Å². The Morgan fingerprint density at radius 1 is 1.18 bits per heavy atom. The molecule has 0 spiro atoms. The lowest BCUT2D eigenvalue weighted by molar-refractivity contribution is -0.139. The summed E-state index contributed by atoms with van der Waals surface area (Å²) in [6.07, 6.45) is 2.80. The largest absolute Gasteiger partial charge is 0.354 e. The summed E-state index contributed by atoms with van der Waals surface area (Å²) in [7, 11) is -3.81. The molecule has 2 rings (SSSR count). The number of unbranched alkanes of at least 4 members (excludes halogenated alkanes) is 1. The van der Waals surface area contributed by atoms with Crippen LogP contribution >= 0.6 is 27.5 Å². The monoisotopic (exact) mass is 571 g/mol. The van der Waals surface area contributed by atoms with Gasteiger partial charge < -0.3 is 10.2 Å². The summed E-state index contributed by atoms with van der Waals surface area (Å²) < 4.78 is 27.2. The molecule has 1 atom stereocenters. The van der Waals surface area contributed by atoms with E-state index in [1.54, 1.807) is 32.0 Å². The van der Waals surface area contributed by atoms with E-state index in [2.05, 4.69) is 21.2 Å². The fraction of sp³-hybridized carbons (Fsp3) is 0.417. The molecule has 0 unspecified atom stereocenters. The second kappa shape index (κ2) is 12.6. The maximum Gasteiger partial charge on any atom is 0.244 e. The van der Waals surface area contributed by atoms with Crippen LogP contribution in [0.5, 0.6) is 0 Å². The Balaban J connectivity index is 2.39. The number of anilines is 1. The van der Waals surface area contributed by atoms with E-state index in [9.17, 15) is 18.0 Å². The third-order valence-corrected chi connectivity index (χ3v) is 7.45. The predicted molar refractivity (Wildman–Crippen MR) is 140 cm³/mol. The van der Waals surface area contributed by atoms with E-state index in [-0.39, 0.29) is 12.5 Å². The molecule has 7 nitrogen and oxygen atoms in total. The standard InChI is InChI=1S/C24H31BrClN3O4S/c1-5-6-13-27-24(31)18(3)28(15-19-9-7-10-20(25)14-19)23(30)16-29(34(4,32)33)22-12-8-11-21(26)17(22)2/h7-12,14,18H,5-6,13,15-16H2,1-4H3,(H,27,31)/t18-/m0/s1. The van der Waals surface area contributed by atoms with Gasteiger partial charge in [0.25, 0.3) is 0 Å². The Labute approximate surface area is 215 Å². The van der Waals surface area contributed by atoms with E-state index >= 15 is 0 Å². The third kappa shape index (κ3) is 7.71. The predicted octanol–water partition coefficient (Wildman–Crippen LogP) is 4.51. The molecule has 2 aromatic rings. The minimum Gasteiger partial charge on any atom is -0.354 e. The molecule has 186 valence electrons. The van der Waals surface area contributed by atoms with Crippen molar-refractivity contribution in [3.8, 4) is 0 Å². The van der Waals surface area contributed by atoms with E-state index < -0.39 is 28.5 Å². The SMILES string of the molecule is CCCCNC(=O)[C@H](C)N(Cc1cccc(Br)c1)C(=O)CN(c1cccc(Cl)c1C)S(C)(=O)=O. The van der Waals surface area contributed by atoms with Gasteiger partial charge in [-0.3, -0.25) is 13.9 Å². The summed E-state index contributed by atoms with van der Waals surface area (Å²) in [5.41, 5.74) is 1.68. The lowest BCUT2D eigenvalue weighted by Crippen LogP contribution is -2.51. The zero-order chi connectivity index (χ0) is 25.5. The van der Waals surface area contributed by atoms with Gasteiger partial charge in [0.05, 0.1) is 11.9 Å². The summed E-state index contributed by atoms with van der Waals surface area (Å²) in [4.78, 5) is 27.7. The highest BCUT2D eigenvalue weighted by atomic mass is 79.9. The van der Waals surface area contributed by atoms with Gasteiger partial charge in [-0.1, -0.05) is 59.1 Å². The fourth-order valence-corrected chi connectivity index (χ4v) is 4.93. The maximum absolute atomic E-state index is 13.5. The van der Waals surface area contributed by atoms with Crippen molar-refractivity contribution in [1.29, 1.82) is 0 Å². The van der Waals surface area contributed by atoms with Crippen molar-refractivity contribution in [3.63, 3.8) is 0 Å². The quantitative estimate of drug-likeness (QED) is 0.402. The van der Waals surface area contributed by atoms with Crippen LogP contribution in [0.3, 0.4) is 0 Å². The number of sulfonamides is 1. The van der Waals surface area contributed by atoms with Gasteiger partial charge in [0.15, 0.2) is 0 Å². The van der Waals surface area contributed by atoms with Crippen molar-refractivity contribution in [2.45, 2.75) is 46.2 Å². The first kappa shape index (κ1) is 28.1. The van der Waals surface area contributed by atoms with Crippen molar-refractivity contribution >= 4 is 55.1 Å². The normalized spacial score (nSPS) is 12.2. The number of amides is 2. The van der Waals surface area contributed by atoms with E-state index in [1.807, 2.05) is 31.2 Å². The van der Waals surface area contributed by atoms with Crippen LogP contribution in [-0.4, -0.2) is 50.5 Å². The Hall–Kier alpha value is -2.10. The molecule has 0 saturated heterocycles. The highest BCUT2D eigenvalue weighted by Gasteiger charge is 2.30. The number of carbonyl (C=O) groups is 2. The molecule has 2 amide bonds. The highest BCUT2D eigenvalue weighted by molar-refractivity contribution is 9.10. The Bertz CT molecular complexity index is 1130. The zero-order valence-electron chi connectivity index (χ0n) is 19.8. The number of rotatable bonds is 11. The van der Waals surface area contributed by atoms with Crippen molar-refractivity contribution in [2.75, 3.05) is 23.7 Å². The van der Waals surface area contributed by atoms with Crippen LogP contribution in [0.25, 0.3) is 0 Å². The lowest BCUT2D eigenvalue weighted by Gasteiger charge is -2.32. The molecule has 0 heterocycles. The number of halogens is 2. The molecular weight excluding hydrogens is 542 g/mol. The van der Waals surface area contributed by atoms with Crippen LogP contribution in [0.2, 0.25) is 5.02 Å². The minimum absolute atomic E-state index is 0.146. The number of carbonyl (C=O) groups excluding carboxylic acids is 2. The first-order valence-electron chi connectivity index (χ1n) is 11.0. The van der Waals surface area contributed by atoms with Gasteiger partial charge in [0.1, 0.15) is 12.6 Å². The maximum atomic E-state index is 13.5. The summed E-state index contributed by atoms with van der Waals surface area (Å²) in [5, 5.41) is 3.25. The summed E-state index contributed by atoms with van der Waals surface area (Å²) in [6.45, 7) is 5.56. The van der Waals surface area contributed by atoms with Gasteiger partial charge in [-0.05, 0) is 55.7 Å². The van der Waals surface area contributed by atoms with Crippen LogP contribution < -0.4 is 9.62 Å². The molecule has 0 radical (unpaired) electrons. The van der Waals surface area contributed by atoms with Gasteiger partial charge in [-0.25, -0.2) is 8.42 Å².